The highest BCUT2D eigenvalue weighted by Gasteiger charge is 2.64. The van der Waals surface area contributed by atoms with Gasteiger partial charge in [0.25, 0.3) is 0 Å². The Morgan fingerprint density at radius 2 is 1.55 bits per heavy atom. The quantitative estimate of drug-likeness (QED) is 0.541. The van der Waals surface area contributed by atoms with Crippen molar-refractivity contribution < 1.29 is 9.59 Å². The number of hydrogen-bond donors (Lipinski definition) is 0. The normalized spacial score (nSPS) is 33.6. The number of likely N-dealkylation sites (tertiary alicyclic amines) is 1. The molecule has 0 radical (unpaired) electrons. The fourth-order valence-corrected chi connectivity index (χ4v) is 6.09. The minimum atomic E-state index is -0.428. The van der Waals surface area contributed by atoms with Gasteiger partial charge in [-0.3, -0.25) is 24.3 Å². The van der Waals surface area contributed by atoms with Gasteiger partial charge in [0.05, 0.1) is 18.5 Å². The topological polar surface area (TPSA) is 43.9 Å². The van der Waals surface area contributed by atoms with Crippen molar-refractivity contribution in [1.82, 2.24) is 14.7 Å². The van der Waals surface area contributed by atoms with Crippen molar-refractivity contribution in [3.63, 3.8) is 0 Å². The Labute approximate surface area is 176 Å². The summed E-state index contributed by atoms with van der Waals surface area (Å²) in [5, 5.41) is 0. The van der Waals surface area contributed by atoms with Gasteiger partial charge in [-0.15, -0.1) is 0 Å². The molecule has 2 heterocycles. The first-order chi connectivity index (χ1) is 13.8. The minimum absolute atomic E-state index is 0.00892. The molecule has 2 aliphatic heterocycles. The zero-order valence-corrected chi connectivity index (χ0v) is 18.5. The second kappa shape index (κ2) is 8.04. The van der Waals surface area contributed by atoms with Crippen LogP contribution in [0.3, 0.4) is 0 Å². The second-order valence-electron chi connectivity index (χ2n) is 10.3. The molecule has 0 aromatic carbocycles. The van der Waals surface area contributed by atoms with Gasteiger partial charge in [-0.05, 0) is 31.1 Å². The highest BCUT2D eigenvalue weighted by molar-refractivity contribution is 6.04. The Balaban J connectivity index is 1.27. The van der Waals surface area contributed by atoms with Crippen molar-refractivity contribution in [2.45, 2.75) is 71.8 Å². The first-order valence-electron chi connectivity index (χ1n) is 11.6. The molecule has 2 aliphatic carbocycles. The van der Waals surface area contributed by atoms with Crippen LogP contribution in [0.2, 0.25) is 0 Å². The molecule has 0 aromatic heterocycles. The van der Waals surface area contributed by atoms with Crippen molar-refractivity contribution in [2.24, 2.45) is 16.7 Å². The van der Waals surface area contributed by atoms with Gasteiger partial charge in [-0.2, -0.15) is 0 Å². The monoisotopic (exact) mass is 399 g/mol. The summed E-state index contributed by atoms with van der Waals surface area (Å²) in [6.07, 6.45) is 8.56. The Morgan fingerprint density at radius 1 is 0.897 bits per heavy atom. The largest absolute Gasteiger partial charge is 0.298 e. The van der Waals surface area contributed by atoms with Crippen LogP contribution in [0.5, 0.6) is 0 Å². The number of carbonyl (C=O) groups excluding carboxylic acids is 2. The molecule has 0 N–H and O–H groups in total. The molecular weight excluding hydrogens is 362 g/mol. The number of piperazine rings is 1. The third kappa shape index (κ3) is 3.64. The number of nitrogens with zero attached hydrogens (tertiary/aromatic N) is 3. The van der Waals surface area contributed by atoms with E-state index in [9.17, 15) is 9.59 Å². The fourth-order valence-electron chi connectivity index (χ4n) is 6.09. The fraction of sp³-hybridized carbons (Fsp3) is 0.833. The molecule has 160 valence electrons. The Bertz CT molecular complexity index is 707. The van der Waals surface area contributed by atoms with Crippen LogP contribution in [-0.2, 0) is 9.59 Å². The van der Waals surface area contributed by atoms with Gasteiger partial charge in [0.2, 0.25) is 11.8 Å². The lowest BCUT2D eigenvalue weighted by molar-refractivity contribution is -0.166. The molecule has 2 amide bonds. The molecule has 0 unspecified atom stereocenters. The van der Waals surface area contributed by atoms with Crippen LogP contribution < -0.4 is 0 Å². The standard InChI is InChI=1S/C24H37N3O2/c1-23(2)20-11-12-24(23,3)22(29)27(21(20)28)14-8-7-13-25-15-17-26(18-16-25)19-9-5-4-6-10-19/h19-20H,4-6,9-18H2,1-3H3/t20-,24+/m1/s1. The van der Waals surface area contributed by atoms with Crippen LogP contribution in [0.1, 0.15) is 65.7 Å². The van der Waals surface area contributed by atoms with Crippen LogP contribution in [0, 0.1) is 28.6 Å². The van der Waals surface area contributed by atoms with Gasteiger partial charge >= 0.3 is 0 Å². The van der Waals surface area contributed by atoms with Crippen molar-refractivity contribution in [2.75, 3.05) is 39.3 Å². The average molecular weight is 400 g/mol. The molecule has 0 spiro atoms. The van der Waals surface area contributed by atoms with Crippen molar-refractivity contribution in [1.29, 1.82) is 0 Å². The summed E-state index contributed by atoms with van der Waals surface area (Å²) in [6.45, 7) is 11.6. The highest BCUT2D eigenvalue weighted by Crippen LogP contribution is 2.59. The van der Waals surface area contributed by atoms with Crippen LogP contribution in [0.4, 0.5) is 0 Å². The number of imide groups is 1. The number of piperidine rings is 1. The zero-order chi connectivity index (χ0) is 20.6. The minimum Gasteiger partial charge on any atom is -0.298 e. The molecule has 5 heteroatoms. The SMILES string of the molecule is CC1(C)[C@@H]2CC[C@@]1(C)C(=O)N(CC#CCN1CCN(C3CCCCC3)CC1)C2=O. The van der Waals surface area contributed by atoms with E-state index >= 15 is 0 Å². The molecule has 2 saturated carbocycles. The molecule has 4 rings (SSSR count). The Hall–Kier alpha value is -1.38. The van der Waals surface area contributed by atoms with Gasteiger partial charge in [0, 0.05) is 38.1 Å². The first-order valence-corrected chi connectivity index (χ1v) is 11.6. The summed E-state index contributed by atoms with van der Waals surface area (Å²) in [5.74, 6) is 6.30. The third-order valence-corrected chi connectivity index (χ3v) is 8.67. The van der Waals surface area contributed by atoms with Gasteiger partial charge < -0.3 is 0 Å². The smallest absolute Gasteiger partial charge is 0.236 e. The number of fused-ring (bicyclic) bond motifs is 2. The maximum Gasteiger partial charge on any atom is 0.236 e. The van der Waals surface area contributed by atoms with E-state index in [0.29, 0.717) is 0 Å². The van der Waals surface area contributed by atoms with Gasteiger partial charge in [0.1, 0.15) is 0 Å². The molecular formula is C24H37N3O2. The van der Waals surface area contributed by atoms with Gasteiger partial charge in [-0.1, -0.05) is 51.9 Å². The maximum absolute atomic E-state index is 13.0. The molecule has 5 nitrogen and oxygen atoms in total. The first kappa shape index (κ1) is 20.9. The summed E-state index contributed by atoms with van der Waals surface area (Å²) in [4.78, 5) is 32.4. The van der Waals surface area contributed by atoms with Crippen molar-refractivity contribution >= 4 is 11.8 Å². The Kier molecular flexibility index (Phi) is 5.79. The van der Waals surface area contributed by atoms with Crippen molar-refractivity contribution in [3.8, 4) is 11.8 Å². The molecule has 4 fully saturated rings. The van der Waals surface area contributed by atoms with Crippen LogP contribution in [0.25, 0.3) is 0 Å². The Morgan fingerprint density at radius 3 is 2.24 bits per heavy atom. The molecule has 4 aliphatic rings. The maximum atomic E-state index is 13.0. The van der Waals surface area contributed by atoms with E-state index in [1.54, 1.807) is 0 Å². The molecule has 2 atom stereocenters. The summed E-state index contributed by atoms with van der Waals surface area (Å²) >= 11 is 0. The van der Waals surface area contributed by atoms with Crippen LogP contribution in [-0.4, -0.2) is 71.8 Å². The second-order valence-corrected chi connectivity index (χ2v) is 10.3. The van der Waals surface area contributed by atoms with E-state index in [1.165, 1.54) is 37.0 Å². The lowest BCUT2D eigenvalue weighted by atomic mass is 9.62. The van der Waals surface area contributed by atoms with Crippen molar-refractivity contribution in [3.05, 3.63) is 0 Å². The summed E-state index contributed by atoms with van der Waals surface area (Å²) < 4.78 is 0. The lowest BCUT2D eigenvalue weighted by Crippen LogP contribution is -2.59. The van der Waals surface area contributed by atoms with Crippen LogP contribution >= 0.6 is 0 Å². The molecule has 2 saturated heterocycles. The third-order valence-electron chi connectivity index (χ3n) is 8.67. The summed E-state index contributed by atoms with van der Waals surface area (Å²) in [5.41, 5.74) is -0.675. The van der Waals surface area contributed by atoms with Gasteiger partial charge in [0.15, 0.2) is 0 Å². The average Bonchev–Trinajstić information content (AvgIpc) is 2.92. The van der Waals surface area contributed by atoms with E-state index in [0.717, 1.165) is 51.6 Å². The van der Waals surface area contributed by atoms with E-state index in [2.05, 4.69) is 35.5 Å². The van der Waals surface area contributed by atoms with E-state index < -0.39 is 5.41 Å². The van der Waals surface area contributed by atoms with Gasteiger partial charge in [-0.25, -0.2) is 0 Å². The van der Waals surface area contributed by atoms with E-state index in [-0.39, 0.29) is 29.7 Å². The molecule has 29 heavy (non-hydrogen) atoms. The molecule has 0 aromatic rings. The predicted molar refractivity (Wildman–Crippen MR) is 114 cm³/mol. The number of rotatable bonds is 3. The lowest BCUT2D eigenvalue weighted by Gasteiger charge is -2.47. The number of amides is 2. The molecule has 2 bridgehead atoms. The zero-order valence-electron chi connectivity index (χ0n) is 18.5. The summed E-state index contributed by atoms with van der Waals surface area (Å²) in [7, 11) is 0. The highest BCUT2D eigenvalue weighted by atomic mass is 16.2. The summed E-state index contributed by atoms with van der Waals surface area (Å²) in [6, 6.07) is 0.800. The number of hydrogen-bond acceptors (Lipinski definition) is 4. The van der Waals surface area contributed by atoms with E-state index in [4.69, 9.17) is 0 Å². The van der Waals surface area contributed by atoms with E-state index in [1.807, 2.05) is 6.92 Å². The van der Waals surface area contributed by atoms with Crippen LogP contribution in [0.15, 0.2) is 0 Å². The predicted octanol–water partition coefficient (Wildman–Crippen LogP) is 2.75. The number of carbonyl (C=O) groups is 2.